The van der Waals surface area contributed by atoms with E-state index in [-0.39, 0.29) is 0 Å². The Morgan fingerprint density at radius 1 is 1.32 bits per heavy atom. The molecule has 4 nitrogen and oxygen atoms in total. The zero-order valence-corrected chi connectivity index (χ0v) is 12.3. The van der Waals surface area contributed by atoms with Crippen LogP contribution >= 0.6 is 27.5 Å². The van der Waals surface area contributed by atoms with Crippen LogP contribution in [0.15, 0.2) is 45.5 Å². The first kappa shape index (κ1) is 14.0. The summed E-state index contributed by atoms with van der Waals surface area (Å²) in [5, 5.41) is 13.0. The maximum absolute atomic E-state index is 11.5. The van der Waals surface area contributed by atoms with Gasteiger partial charge in [-0.1, -0.05) is 11.6 Å². The number of halogens is 2. The molecule has 0 fully saturated rings. The van der Waals surface area contributed by atoms with Gasteiger partial charge in [0.2, 0.25) is 0 Å². The molecule has 6 heteroatoms. The summed E-state index contributed by atoms with van der Waals surface area (Å²) >= 11 is 8.96. The lowest BCUT2D eigenvalue weighted by atomic mass is 9.98. The standard InChI is InChI=1S/C13H11BrClNO3/c1-13(12(17)18,10-6-7-11(14)19-10)16-9-4-2-8(15)3-5-9/h2-7,16H,1H3,(H,17,18). The van der Waals surface area contributed by atoms with Crippen molar-refractivity contribution in [1.29, 1.82) is 0 Å². The molecule has 0 aliphatic carbocycles. The zero-order chi connectivity index (χ0) is 14.0. The first-order valence-corrected chi connectivity index (χ1v) is 6.62. The molecule has 2 rings (SSSR count). The van der Waals surface area contributed by atoms with Crippen molar-refractivity contribution in [2.45, 2.75) is 12.5 Å². The maximum Gasteiger partial charge on any atom is 0.337 e. The van der Waals surface area contributed by atoms with Gasteiger partial charge in [-0.2, -0.15) is 0 Å². The number of aliphatic carboxylic acids is 1. The highest BCUT2D eigenvalue weighted by Gasteiger charge is 2.38. The summed E-state index contributed by atoms with van der Waals surface area (Å²) in [4.78, 5) is 11.5. The van der Waals surface area contributed by atoms with Gasteiger partial charge < -0.3 is 14.8 Å². The van der Waals surface area contributed by atoms with Crippen molar-refractivity contribution in [2.24, 2.45) is 0 Å². The first-order valence-electron chi connectivity index (χ1n) is 5.45. The minimum atomic E-state index is -1.36. The average Bonchev–Trinajstić information content (AvgIpc) is 2.79. The summed E-state index contributed by atoms with van der Waals surface area (Å²) < 4.78 is 5.83. The van der Waals surface area contributed by atoms with E-state index in [1.807, 2.05) is 0 Å². The lowest BCUT2D eigenvalue weighted by molar-refractivity contribution is -0.142. The molecule has 0 spiro atoms. The molecule has 1 aromatic heterocycles. The number of hydrogen-bond donors (Lipinski definition) is 2. The Balaban J connectivity index is 2.35. The third-order valence-corrected chi connectivity index (χ3v) is 3.41. The summed E-state index contributed by atoms with van der Waals surface area (Å²) in [6, 6.07) is 10.1. The minimum absolute atomic E-state index is 0.307. The first-order chi connectivity index (χ1) is 8.91. The molecule has 0 radical (unpaired) electrons. The van der Waals surface area contributed by atoms with Gasteiger partial charge >= 0.3 is 5.97 Å². The van der Waals surface area contributed by atoms with Crippen LogP contribution in [0, 0.1) is 0 Å². The Morgan fingerprint density at radius 2 is 1.95 bits per heavy atom. The van der Waals surface area contributed by atoms with E-state index in [1.165, 1.54) is 6.92 Å². The van der Waals surface area contributed by atoms with Gasteiger partial charge in [0, 0.05) is 10.7 Å². The number of furan rings is 1. The Morgan fingerprint density at radius 3 is 2.42 bits per heavy atom. The van der Waals surface area contributed by atoms with Crippen molar-refractivity contribution < 1.29 is 14.3 Å². The van der Waals surface area contributed by atoms with Crippen molar-refractivity contribution in [2.75, 3.05) is 5.32 Å². The number of carboxylic acids is 1. The van der Waals surface area contributed by atoms with Crippen LogP contribution in [0.4, 0.5) is 5.69 Å². The van der Waals surface area contributed by atoms with Crippen molar-refractivity contribution in [1.82, 2.24) is 0 Å². The highest BCUT2D eigenvalue weighted by Crippen LogP contribution is 2.30. The van der Waals surface area contributed by atoms with Crippen LogP contribution in [0.1, 0.15) is 12.7 Å². The molecule has 0 saturated carbocycles. The molecule has 0 aliphatic heterocycles. The Labute approximate surface area is 123 Å². The third kappa shape index (κ3) is 2.93. The van der Waals surface area contributed by atoms with E-state index in [0.29, 0.717) is 21.1 Å². The van der Waals surface area contributed by atoms with Crippen LogP contribution in [0.3, 0.4) is 0 Å². The zero-order valence-electron chi connectivity index (χ0n) is 9.98. The average molecular weight is 345 g/mol. The molecule has 1 atom stereocenters. The second kappa shape index (κ2) is 5.27. The largest absolute Gasteiger partial charge is 0.479 e. The molecule has 0 saturated heterocycles. The van der Waals surface area contributed by atoms with Gasteiger partial charge in [0.05, 0.1) is 0 Å². The van der Waals surface area contributed by atoms with E-state index in [0.717, 1.165) is 0 Å². The second-order valence-electron chi connectivity index (χ2n) is 4.17. The lowest BCUT2D eigenvalue weighted by Crippen LogP contribution is -2.40. The number of hydrogen-bond acceptors (Lipinski definition) is 3. The highest BCUT2D eigenvalue weighted by atomic mass is 79.9. The molecular weight excluding hydrogens is 334 g/mol. The smallest absolute Gasteiger partial charge is 0.337 e. The van der Waals surface area contributed by atoms with Crippen LogP contribution < -0.4 is 5.32 Å². The van der Waals surface area contributed by atoms with Crippen molar-refractivity contribution in [3.8, 4) is 0 Å². The summed E-state index contributed by atoms with van der Waals surface area (Å²) in [5.41, 5.74) is -0.721. The minimum Gasteiger partial charge on any atom is -0.479 e. The fraction of sp³-hybridized carbons (Fsp3) is 0.154. The number of rotatable bonds is 4. The van der Waals surface area contributed by atoms with E-state index >= 15 is 0 Å². The number of carboxylic acid groups (broad SMARTS) is 1. The molecule has 19 heavy (non-hydrogen) atoms. The summed E-state index contributed by atoms with van der Waals surface area (Å²) in [5.74, 6) is -0.730. The monoisotopic (exact) mass is 343 g/mol. The third-order valence-electron chi connectivity index (χ3n) is 2.73. The van der Waals surface area contributed by atoms with Crippen LogP contribution in [-0.4, -0.2) is 11.1 Å². The summed E-state index contributed by atoms with van der Waals surface area (Å²) in [7, 11) is 0. The van der Waals surface area contributed by atoms with Gasteiger partial charge in [-0.15, -0.1) is 0 Å². The van der Waals surface area contributed by atoms with Gasteiger partial charge in [0.1, 0.15) is 5.76 Å². The topological polar surface area (TPSA) is 62.5 Å². The van der Waals surface area contributed by atoms with E-state index in [4.69, 9.17) is 16.0 Å². The molecule has 100 valence electrons. The highest BCUT2D eigenvalue weighted by molar-refractivity contribution is 9.10. The van der Waals surface area contributed by atoms with Gasteiger partial charge in [0.25, 0.3) is 0 Å². The molecule has 0 bridgehead atoms. The number of benzene rings is 1. The van der Waals surface area contributed by atoms with Crippen LogP contribution in [0.2, 0.25) is 5.02 Å². The predicted molar refractivity (Wildman–Crippen MR) is 76.5 cm³/mol. The van der Waals surface area contributed by atoms with Gasteiger partial charge in [-0.05, 0) is 59.3 Å². The second-order valence-corrected chi connectivity index (χ2v) is 5.38. The molecule has 2 N–H and O–H groups in total. The van der Waals surface area contributed by atoms with E-state index in [2.05, 4.69) is 21.2 Å². The summed E-state index contributed by atoms with van der Waals surface area (Å²) in [6.45, 7) is 1.54. The Bertz CT molecular complexity index is 596. The van der Waals surface area contributed by atoms with Crippen molar-refractivity contribution in [3.05, 3.63) is 51.9 Å². The molecule has 0 aliphatic rings. The maximum atomic E-state index is 11.5. The number of nitrogens with one attached hydrogen (secondary N) is 1. The molecule has 1 heterocycles. The fourth-order valence-electron chi connectivity index (χ4n) is 1.63. The SMILES string of the molecule is CC(Nc1ccc(Cl)cc1)(C(=O)O)c1ccc(Br)o1. The van der Waals surface area contributed by atoms with Gasteiger partial charge in [0.15, 0.2) is 10.2 Å². The number of anilines is 1. The Hall–Kier alpha value is -1.46. The lowest BCUT2D eigenvalue weighted by Gasteiger charge is -2.25. The van der Waals surface area contributed by atoms with Crippen molar-refractivity contribution >= 4 is 39.2 Å². The van der Waals surface area contributed by atoms with E-state index in [9.17, 15) is 9.90 Å². The quantitative estimate of drug-likeness (QED) is 0.876. The van der Waals surface area contributed by atoms with Crippen molar-refractivity contribution in [3.63, 3.8) is 0 Å². The van der Waals surface area contributed by atoms with Crippen LogP contribution in [0.25, 0.3) is 0 Å². The normalized spacial score (nSPS) is 13.8. The van der Waals surface area contributed by atoms with E-state index in [1.54, 1.807) is 36.4 Å². The molecule has 1 unspecified atom stereocenters. The van der Waals surface area contributed by atoms with E-state index < -0.39 is 11.5 Å². The molecule has 0 amide bonds. The molecular formula is C13H11BrClNO3. The van der Waals surface area contributed by atoms with Gasteiger partial charge in [-0.3, -0.25) is 0 Å². The van der Waals surface area contributed by atoms with Gasteiger partial charge in [-0.25, -0.2) is 4.79 Å². The van der Waals surface area contributed by atoms with Crippen LogP contribution in [-0.2, 0) is 10.3 Å². The summed E-state index contributed by atoms with van der Waals surface area (Å²) in [6.07, 6.45) is 0. The predicted octanol–water partition coefficient (Wildman–Crippen LogP) is 4.11. The molecule has 2 aromatic rings. The van der Waals surface area contributed by atoms with Crippen LogP contribution in [0.5, 0.6) is 0 Å². The number of carbonyl (C=O) groups is 1. The Kier molecular flexibility index (Phi) is 3.87. The molecule has 1 aromatic carbocycles. The fourth-order valence-corrected chi connectivity index (χ4v) is 2.06.